The highest BCUT2D eigenvalue weighted by Gasteiger charge is 2.16. The summed E-state index contributed by atoms with van der Waals surface area (Å²) in [5.74, 6) is 0.942. The van der Waals surface area contributed by atoms with E-state index in [4.69, 9.17) is 0 Å². The Kier molecular flexibility index (Phi) is 9.15. The fraction of sp³-hybridized carbons (Fsp3) is 0.562. The van der Waals surface area contributed by atoms with Crippen LogP contribution in [0.5, 0.6) is 0 Å². The zero-order chi connectivity index (χ0) is 14.2. The third-order valence-electron chi connectivity index (χ3n) is 3.56. The molecule has 1 aliphatic rings. The number of nitrogens with one attached hydrogen (secondary N) is 2. The van der Waals surface area contributed by atoms with Crippen molar-refractivity contribution in [2.24, 2.45) is 4.99 Å². The van der Waals surface area contributed by atoms with Crippen LogP contribution in [0.4, 0.5) is 0 Å². The van der Waals surface area contributed by atoms with Gasteiger partial charge in [0, 0.05) is 29.8 Å². The minimum Gasteiger partial charge on any atom is -0.355 e. The van der Waals surface area contributed by atoms with Crippen LogP contribution in [0.25, 0.3) is 0 Å². The first-order valence-corrected chi connectivity index (χ1v) is 8.35. The Morgan fingerprint density at radius 1 is 1.29 bits per heavy atom. The molecule has 1 aliphatic carbocycles. The number of hydrogen-bond acceptors (Lipinski definition) is 2. The number of thioether (sulfide) groups is 1. The molecule has 1 unspecified atom stereocenters. The van der Waals surface area contributed by atoms with Crippen LogP contribution >= 0.6 is 35.7 Å². The number of hydrogen-bond donors (Lipinski definition) is 2. The van der Waals surface area contributed by atoms with Gasteiger partial charge in [-0.15, -0.1) is 35.7 Å². The van der Waals surface area contributed by atoms with Gasteiger partial charge in [0.05, 0.1) is 0 Å². The van der Waals surface area contributed by atoms with Crippen LogP contribution in [-0.2, 0) is 0 Å². The van der Waals surface area contributed by atoms with Gasteiger partial charge in [0.1, 0.15) is 0 Å². The van der Waals surface area contributed by atoms with Gasteiger partial charge in [0.15, 0.2) is 5.96 Å². The number of rotatable bonds is 5. The first kappa shape index (κ1) is 18.6. The Hall–Kier alpha value is -0.430. The maximum Gasteiger partial charge on any atom is 0.191 e. The zero-order valence-electron chi connectivity index (χ0n) is 12.8. The van der Waals surface area contributed by atoms with Gasteiger partial charge in [-0.2, -0.15) is 0 Å². The van der Waals surface area contributed by atoms with Gasteiger partial charge in [-0.05, 0) is 25.0 Å². The summed E-state index contributed by atoms with van der Waals surface area (Å²) in [5, 5.41) is 7.46. The van der Waals surface area contributed by atoms with Crippen molar-refractivity contribution >= 4 is 41.7 Å². The average molecular weight is 419 g/mol. The highest BCUT2D eigenvalue weighted by molar-refractivity contribution is 14.0. The van der Waals surface area contributed by atoms with E-state index in [-0.39, 0.29) is 24.0 Å². The summed E-state index contributed by atoms with van der Waals surface area (Å²) in [6.07, 6.45) is 5.23. The molecule has 118 valence electrons. The molecule has 0 aromatic heterocycles. The van der Waals surface area contributed by atoms with E-state index in [1.807, 2.05) is 18.8 Å². The lowest BCUT2D eigenvalue weighted by Gasteiger charge is -2.19. The lowest BCUT2D eigenvalue weighted by Crippen LogP contribution is -2.44. The highest BCUT2D eigenvalue weighted by atomic mass is 127. The maximum atomic E-state index is 4.32. The Morgan fingerprint density at radius 3 is 2.57 bits per heavy atom. The molecule has 2 rings (SSSR count). The molecule has 0 amide bonds. The van der Waals surface area contributed by atoms with Crippen molar-refractivity contribution in [3.05, 3.63) is 30.3 Å². The Morgan fingerprint density at radius 2 is 1.95 bits per heavy atom. The molecule has 2 N–H and O–H groups in total. The normalized spacial score (nSPS) is 17.1. The molecular weight excluding hydrogens is 393 g/mol. The van der Waals surface area contributed by atoms with Gasteiger partial charge in [-0.1, -0.05) is 38.0 Å². The monoisotopic (exact) mass is 419 g/mol. The first-order chi connectivity index (χ1) is 9.78. The van der Waals surface area contributed by atoms with E-state index in [9.17, 15) is 0 Å². The fourth-order valence-corrected chi connectivity index (χ4v) is 3.42. The molecule has 1 aromatic rings. The van der Waals surface area contributed by atoms with Crippen molar-refractivity contribution < 1.29 is 0 Å². The van der Waals surface area contributed by atoms with Crippen molar-refractivity contribution in [2.45, 2.75) is 48.8 Å². The lowest BCUT2D eigenvalue weighted by atomic mass is 10.2. The summed E-state index contributed by atoms with van der Waals surface area (Å²) >= 11 is 1.89. The van der Waals surface area contributed by atoms with Gasteiger partial charge in [0.2, 0.25) is 0 Å². The van der Waals surface area contributed by atoms with Crippen LogP contribution < -0.4 is 10.6 Å². The summed E-state index contributed by atoms with van der Waals surface area (Å²) in [7, 11) is 1.85. The Bertz CT molecular complexity index is 419. The summed E-state index contributed by atoms with van der Waals surface area (Å²) in [5.41, 5.74) is 0. The van der Waals surface area contributed by atoms with Crippen molar-refractivity contribution in [2.75, 3.05) is 13.6 Å². The molecule has 1 saturated carbocycles. The number of benzene rings is 1. The summed E-state index contributed by atoms with van der Waals surface area (Å²) in [6.45, 7) is 3.17. The molecule has 5 heteroatoms. The largest absolute Gasteiger partial charge is 0.355 e. The third-order valence-corrected chi connectivity index (χ3v) is 4.67. The lowest BCUT2D eigenvalue weighted by molar-refractivity contribution is 0.613. The van der Waals surface area contributed by atoms with Gasteiger partial charge in [-0.3, -0.25) is 4.99 Å². The second-order valence-electron chi connectivity index (χ2n) is 5.32. The van der Waals surface area contributed by atoms with E-state index < -0.39 is 0 Å². The summed E-state index contributed by atoms with van der Waals surface area (Å²) < 4.78 is 0. The molecule has 0 aliphatic heterocycles. The second kappa shape index (κ2) is 10.3. The van der Waals surface area contributed by atoms with Crippen LogP contribution in [0.1, 0.15) is 32.6 Å². The van der Waals surface area contributed by atoms with Crippen LogP contribution in [0.15, 0.2) is 40.2 Å². The SMILES string of the molecule is CN=C(NCC(C)Sc1ccccc1)NC1CCCC1.I. The van der Waals surface area contributed by atoms with Crippen LogP contribution in [0.3, 0.4) is 0 Å². The fourth-order valence-electron chi connectivity index (χ4n) is 2.47. The molecule has 1 atom stereocenters. The smallest absolute Gasteiger partial charge is 0.191 e. The minimum absolute atomic E-state index is 0. The standard InChI is InChI=1S/C16H25N3S.HI/c1-13(20-15-10-4-3-5-11-15)12-18-16(17-2)19-14-8-6-7-9-14;/h3-5,10-11,13-14H,6-9,12H2,1-2H3,(H2,17,18,19);1H. The predicted octanol–water partition coefficient (Wildman–Crippen LogP) is 3.89. The minimum atomic E-state index is 0. The molecule has 0 saturated heterocycles. The average Bonchev–Trinajstić information content (AvgIpc) is 2.97. The number of halogens is 1. The highest BCUT2D eigenvalue weighted by Crippen LogP contribution is 2.22. The van der Waals surface area contributed by atoms with Crippen molar-refractivity contribution in [3.8, 4) is 0 Å². The van der Waals surface area contributed by atoms with Crippen LogP contribution in [-0.4, -0.2) is 30.8 Å². The van der Waals surface area contributed by atoms with Crippen molar-refractivity contribution in [3.63, 3.8) is 0 Å². The topological polar surface area (TPSA) is 36.4 Å². The molecule has 21 heavy (non-hydrogen) atoms. The Labute approximate surface area is 149 Å². The van der Waals surface area contributed by atoms with E-state index in [1.54, 1.807) is 0 Å². The molecule has 0 bridgehead atoms. The quantitative estimate of drug-likeness (QED) is 0.329. The van der Waals surface area contributed by atoms with E-state index in [0.29, 0.717) is 11.3 Å². The van der Waals surface area contributed by atoms with Gasteiger partial charge >= 0.3 is 0 Å². The maximum absolute atomic E-state index is 4.32. The first-order valence-electron chi connectivity index (χ1n) is 7.47. The summed E-state index contributed by atoms with van der Waals surface area (Å²) in [4.78, 5) is 5.64. The zero-order valence-corrected chi connectivity index (χ0v) is 16.0. The number of nitrogens with zero attached hydrogens (tertiary/aromatic N) is 1. The molecule has 1 aromatic carbocycles. The van der Waals surface area contributed by atoms with E-state index >= 15 is 0 Å². The summed E-state index contributed by atoms with van der Waals surface area (Å²) in [6, 6.07) is 11.2. The van der Waals surface area contributed by atoms with Crippen molar-refractivity contribution in [1.82, 2.24) is 10.6 Å². The third kappa shape index (κ3) is 6.91. The van der Waals surface area contributed by atoms with Gasteiger partial charge in [0.25, 0.3) is 0 Å². The van der Waals surface area contributed by atoms with E-state index in [0.717, 1.165) is 12.5 Å². The molecule has 0 spiro atoms. The van der Waals surface area contributed by atoms with Crippen LogP contribution in [0.2, 0.25) is 0 Å². The van der Waals surface area contributed by atoms with Crippen LogP contribution in [0, 0.1) is 0 Å². The number of aliphatic imine (C=N–C) groups is 1. The Balaban J connectivity index is 0.00000220. The van der Waals surface area contributed by atoms with Crippen molar-refractivity contribution in [1.29, 1.82) is 0 Å². The predicted molar refractivity (Wildman–Crippen MR) is 104 cm³/mol. The molecular formula is C16H26IN3S. The molecule has 0 heterocycles. The molecule has 0 radical (unpaired) electrons. The number of guanidine groups is 1. The molecule has 1 fully saturated rings. The molecule has 3 nitrogen and oxygen atoms in total. The van der Waals surface area contributed by atoms with E-state index in [2.05, 4.69) is 52.9 Å². The van der Waals surface area contributed by atoms with Gasteiger partial charge in [-0.25, -0.2) is 0 Å². The van der Waals surface area contributed by atoms with Gasteiger partial charge < -0.3 is 10.6 Å². The second-order valence-corrected chi connectivity index (χ2v) is 6.83. The van der Waals surface area contributed by atoms with E-state index in [1.165, 1.54) is 30.6 Å².